The number of likely N-dealkylation sites (tertiary alicyclic amines) is 1. The molecule has 1 fully saturated rings. The number of hydrogen-bond acceptors (Lipinski definition) is 4. The summed E-state index contributed by atoms with van der Waals surface area (Å²) >= 11 is 0.958. The van der Waals surface area contributed by atoms with E-state index in [9.17, 15) is 18.0 Å². The van der Waals surface area contributed by atoms with Crippen LogP contribution in [0.5, 0.6) is 0 Å². The number of carbonyl (C=O) groups excluding carboxylic acids is 1. The molecule has 3 aromatic heterocycles. The summed E-state index contributed by atoms with van der Waals surface area (Å²) in [6.45, 7) is 1.34. The van der Waals surface area contributed by atoms with Crippen molar-refractivity contribution in [1.82, 2.24) is 19.7 Å². The first-order valence-electron chi connectivity index (χ1n) is 7.71. The number of aromatic nitrogens is 3. The molecule has 4 rings (SSSR count). The number of fused-ring (bicyclic) bond motifs is 1. The van der Waals surface area contributed by atoms with Gasteiger partial charge in [-0.3, -0.25) is 9.48 Å². The molecule has 0 bridgehead atoms. The lowest BCUT2D eigenvalue weighted by atomic mass is 10.2. The van der Waals surface area contributed by atoms with Crippen molar-refractivity contribution < 1.29 is 18.0 Å². The lowest BCUT2D eigenvalue weighted by Gasteiger charge is -2.30. The Bertz CT molecular complexity index is 948. The van der Waals surface area contributed by atoms with Crippen LogP contribution in [0.4, 0.5) is 13.2 Å². The smallest absolute Gasteiger partial charge is 0.272 e. The van der Waals surface area contributed by atoms with E-state index in [-0.39, 0.29) is 22.8 Å². The standard InChI is InChI=1S/C16H13F3N4OS/c17-15(18)12-3-2-11(25-12)9-6-10-14(20-7-9)16(19)21-23(10)8-13(24)22-4-1-5-22/h2-3,6-7,15H,1,4-5,8H2. The molecule has 1 aliphatic heterocycles. The molecule has 1 amide bonds. The zero-order valence-corrected chi connectivity index (χ0v) is 13.8. The molecule has 1 saturated heterocycles. The third kappa shape index (κ3) is 2.88. The van der Waals surface area contributed by atoms with Crippen LogP contribution >= 0.6 is 11.3 Å². The highest BCUT2D eigenvalue weighted by atomic mass is 32.1. The van der Waals surface area contributed by atoms with Gasteiger partial charge in [-0.1, -0.05) is 0 Å². The van der Waals surface area contributed by atoms with Gasteiger partial charge in [-0.05, 0) is 24.6 Å². The molecule has 0 aromatic carbocycles. The Morgan fingerprint density at radius 1 is 1.32 bits per heavy atom. The number of alkyl halides is 2. The Balaban J connectivity index is 1.70. The van der Waals surface area contributed by atoms with Gasteiger partial charge in [-0.25, -0.2) is 13.8 Å². The molecular formula is C16H13F3N4OS. The van der Waals surface area contributed by atoms with Crippen molar-refractivity contribution in [1.29, 1.82) is 0 Å². The van der Waals surface area contributed by atoms with Crippen molar-refractivity contribution in [3.8, 4) is 10.4 Å². The second-order valence-corrected chi connectivity index (χ2v) is 6.89. The van der Waals surface area contributed by atoms with Crippen molar-refractivity contribution in [3.05, 3.63) is 35.2 Å². The molecule has 9 heteroatoms. The topological polar surface area (TPSA) is 51.0 Å². The monoisotopic (exact) mass is 366 g/mol. The van der Waals surface area contributed by atoms with Gasteiger partial charge in [-0.2, -0.15) is 4.39 Å². The van der Waals surface area contributed by atoms with Gasteiger partial charge in [0.15, 0.2) is 0 Å². The van der Waals surface area contributed by atoms with Crippen molar-refractivity contribution in [2.45, 2.75) is 19.4 Å². The van der Waals surface area contributed by atoms with Gasteiger partial charge in [0.05, 0.1) is 10.4 Å². The average Bonchev–Trinajstić information content (AvgIpc) is 3.11. The Kier molecular flexibility index (Phi) is 3.95. The van der Waals surface area contributed by atoms with Crippen LogP contribution in [0.2, 0.25) is 0 Å². The quantitative estimate of drug-likeness (QED) is 0.710. The molecule has 5 nitrogen and oxygen atoms in total. The summed E-state index contributed by atoms with van der Waals surface area (Å²) < 4.78 is 40.8. The maximum Gasteiger partial charge on any atom is 0.272 e. The van der Waals surface area contributed by atoms with Gasteiger partial charge < -0.3 is 4.90 Å². The number of rotatable bonds is 4. The van der Waals surface area contributed by atoms with Crippen LogP contribution < -0.4 is 0 Å². The minimum Gasteiger partial charge on any atom is -0.341 e. The second-order valence-electron chi connectivity index (χ2n) is 5.78. The first-order chi connectivity index (χ1) is 12.0. The van der Waals surface area contributed by atoms with Crippen molar-refractivity contribution in [2.75, 3.05) is 13.1 Å². The lowest BCUT2D eigenvalue weighted by molar-refractivity contribution is -0.135. The molecule has 3 aromatic rings. The Morgan fingerprint density at radius 3 is 2.76 bits per heavy atom. The summed E-state index contributed by atoms with van der Waals surface area (Å²) in [5.74, 6) is -0.880. The molecule has 0 aliphatic carbocycles. The molecule has 0 unspecified atom stereocenters. The maximum absolute atomic E-state index is 14.0. The summed E-state index contributed by atoms with van der Waals surface area (Å²) in [6.07, 6.45) is -0.140. The van der Waals surface area contributed by atoms with Gasteiger partial charge in [0.25, 0.3) is 12.4 Å². The van der Waals surface area contributed by atoms with E-state index in [0.29, 0.717) is 29.0 Å². The minimum atomic E-state index is -2.53. The van der Waals surface area contributed by atoms with E-state index in [1.807, 2.05) is 0 Å². The number of nitrogens with zero attached hydrogens (tertiary/aromatic N) is 4. The third-order valence-electron chi connectivity index (χ3n) is 4.17. The molecule has 4 heterocycles. The van der Waals surface area contributed by atoms with Crippen LogP contribution in [0.3, 0.4) is 0 Å². The van der Waals surface area contributed by atoms with E-state index >= 15 is 0 Å². The lowest BCUT2D eigenvalue weighted by Crippen LogP contribution is -2.43. The first kappa shape index (κ1) is 16.1. The van der Waals surface area contributed by atoms with Crippen LogP contribution in [0.25, 0.3) is 21.5 Å². The highest BCUT2D eigenvalue weighted by Gasteiger charge is 2.23. The first-order valence-corrected chi connectivity index (χ1v) is 8.52. The fourth-order valence-corrected chi connectivity index (χ4v) is 3.54. The molecule has 0 radical (unpaired) electrons. The van der Waals surface area contributed by atoms with Crippen LogP contribution in [0.1, 0.15) is 17.7 Å². The number of carbonyl (C=O) groups is 1. The summed E-state index contributed by atoms with van der Waals surface area (Å²) in [6, 6.07) is 4.57. The molecular weight excluding hydrogens is 353 g/mol. The van der Waals surface area contributed by atoms with Crippen molar-refractivity contribution >= 4 is 28.3 Å². The SMILES string of the molecule is O=C(Cn1nc(F)c2ncc(-c3ccc(C(F)F)s3)cc21)N1CCC1. The van der Waals surface area contributed by atoms with Gasteiger partial charge in [0, 0.05) is 29.7 Å². The van der Waals surface area contributed by atoms with E-state index in [2.05, 4.69) is 10.1 Å². The fraction of sp³-hybridized carbons (Fsp3) is 0.312. The molecule has 0 N–H and O–H groups in total. The number of amides is 1. The number of hydrogen-bond donors (Lipinski definition) is 0. The molecule has 0 atom stereocenters. The normalized spacial score (nSPS) is 14.3. The number of halogens is 3. The molecule has 1 aliphatic rings. The number of thiophene rings is 1. The average molecular weight is 366 g/mol. The van der Waals surface area contributed by atoms with E-state index in [1.165, 1.54) is 16.9 Å². The Hall–Kier alpha value is -2.42. The van der Waals surface area contributed by atoms with Crippen LogP contribution in [0, 0.1) is 5.95 Å². The van der Waals surface area contributed by atoms with Crippen molar-refractivity contribution in [3.63, 3.8) is 0 Å². The number of pyridine rings is 1. The molecule has 25 heavy (non-hydrogen) atoms. The summed E-state index contributed by atoms with van der Waals surface area (Å²) in [4.78, 5) is 18.4. The van der Waals surface area contributed by atoms with E-state index in [0.717, 1.165) is 17.8 Å². The summed E-state index contributed by atoms with van der Waals surface area (Å²) in [5, 5.41) is 3.76. The van der Waals surface area contributed by atoms with Gasteiger partial charge in [0.2, 0.25) is 5.91 Å². The minimum absolute atomic E-state index is 0.0391. The van der Waals surface area contributed by atoms with Gasteiger partial charge >= 0.3 is 0 Å². The van der Waals surface area contributed by atoms with E-state index < -0.39 is 12.4 Å². The van der Waals surface area contributed by atoms with Crippen LogP contribution in [-0.4, -0.2) is 38.7 Å². The predicted octanol–water partition coefficient (Wildman–Crippen LogP) is 3.47. The zero-order chi connectivity index (χ0) is 17.6. The molecule has 0 spiro atoms. The highest BCUT2D eigenvalue weighted by Crippen LogP contribution is 2.34. The van der Waals surface area contributed by atoms with Gasteiger partial charge in [0.1, 0.15) is 12.1 Å². The van der Waals surface area contributed by atoms with Crippen LogP contribution in [0.15, 0.2) is 24.4 Å². The highest BCUT2D eigenvalue weighted by molar-refractivity contribution is 7.15. The molecule has 130 valence electrons. The van der Waals surface area contributed by atoms with E-state index in [1.54, 1.807) is 17.0 Å². The zero-order valence-electron chi connectivity index (χ0n) is 13.0. The summed E-state index contributed by atoms with van der Waals surface area (Å²) in [5.41, 5.74) is 1.02. The fourth-order valence-electron chi connectivity index (χ4n) is 2.69. The third-order valence-corrected chi connectivity index (χ3v) is 5.31. The van der Waals surface area contributed by atoms with Crippen molar-refractivity contribution in [2.24, 2.45) is 0 Å². The Labute approximate surface area is 144 Å². The predicted molar refractivity (Wildman–Crippen MR) is 87.0 cm³/mol. The van der Waals surface area contributed by atoms with Crippen LogP contribution in [-0.2, 0) is 11.3 Å². The summed E-state index contributed by atoms with van der Waals surface area (Å²) in [7, 11) is 0. The maximum atomic E-state index is 14.0. The van der Waals surface area contributed by atoms with Gasteiger partial charge in [-0.15, -0.1) is 16.4 Å². The second kappa shape index (κ2) is 6.14. The Morgan fingerprint density at radius 2 is 2.12 bits per heavy atom. The van der Waals surface area contributed by atoms with E-state index in [4.69, 9.17) is 0 Å². The molecule has 0 saturated carbocycles. The largest absolute Gasteiger partial charge is 0.341 e.